The number of amides is 2. The number of imide groups is 1. The van der Waals surface area contributed by atoms with Crippen LogP contribution in [0.15, 0.2) is 48.5 Å². The molecule has 0 heterocycles. The Morgan fingerprint density at radius 2 is 1.66 bits per heavy atom. The summed E-state index contributed by atoms with van der Waals surface area (Å²) in [6.07, 6.45) is -0.355. The van der Waals surface area contributed by atoms with Crippen LogP contribution >= 0.6 is 0 Å². The summed E-state index contributed by atoms with van der Waals surface area (Å²) in [6.45, 7) is 1.54. The van der Waals surface area contributed by atoms with E-state index in [9.17, 15) is 23.2 Å². The fraction of sp³-hybridized carbons (Fsp3) is 0.286. The maximum absolute atomic E-state index is 13.2. The first kappa shape index (κ1) is 22.2. The number of rotatable bonds is 8. The largest absolute Gasteiger partial charge is 0.469 e. The number of esters is 1. The van der Waals surface area contributed by atoms with Crippen LogP contribution in [0.5, 0.6) is 0 Å². The van der Waals surface area contributed by atoms with Crippen LogP contribution in [0, 0.1) is 11.6 Å². The highest BCUT2D eigenvalue weighted by Crippen LogP contribution is 2.18. The van der Waals surface area contributed by atoms with Crippen LogP contribution in [-0.2, 0) is 25.5 Å². The smallest absolute Gasteiger partial charge is 0.307 e. The van der Waals surface area contributed by atoms with Gasteiger partial charge in [0.25, 0.3) is 0 Å². The first-order valence-electron chi connectivity index (χ1n) is 8.95. The molecule has 0 fully saturated rings. The number of ether oxygens (including phenoxy) is 1. The molecule has 154 valence electrons. The van der Waals surface area contributed by atoms with Crippen molar-refractivity contribution in [2.24, 2.45) is 0 Å². The van der Waals surface area contributed by atoms with Crippen molar-refractivity contribution in [1.82, 2.24) is 10.6 Å². The Kier molecular flexibility index (Phi) is 7.97. The standard InChI is InChI=1S/C21H22F2N2O4/c1-13(24-18(12-20(27)29-2)15-6-4-3-5-7-15)21(28)25-19(26)10-14-8-16(22)11-17(23)9-14/h3-9,11,13,18,24H,10,12H2,1-2H3,(H,25,26,28)/t13-,18?/m0/s1. The van der Waals surface area contributed by atoms with Crippen molar-refractivity contribution >= 4 is 17.8 Å². The van der Waals surface area contributed by atoms with Crippen molar-refractivity contribution in [2.75, 3.05) is 7.11 Å². The molecule has 0 aliphatic heterocycles. The summed E-state index contributed by atoms with van der Waals surface area (Å²) in [6, 6.07) is 10.4. The molecule has 2 rings (SSSR count). The Balaban J connectivity index is 1.99. The zero-order valence-electron chi connectivity index (χ0n) is 16.1. The average molecular weight is 404 g/mol. The summed E-state index contributed by atoms with van der Waals surface area (Å²) in [5.41, 5.74) is 0.889. The van der Waals surface area contributed by atoms with Gasteiger partial charge in [-0.05, 0) is 30.2 Å². The molecule has 0 aliphatic carbocycles. The Labute approximate surface area is 167 Å². The Morgan fingerprint density at radius 1 is 1.03 bits per heavy atom. The van der Waals surface area contributed by atoms with Crippen molar-refractivity contribution in [2.45, 2.75) is 31.8 Å². The minimum absolute atomic E-state index is 0.00531. The van der Waals surface area contributed by atoms with E-state index in [0.717, 1.165) is 17.7 Å². The highest BCUT2D eigenvalue weighted by Gasteiger charge is 2.23. The molecule has 1 unspecified atom stereocenters. The molecule has 0 aliphatic rings. The molecule has 2 atom stereocenters. The normalized spacial score (nSPS) is 12.7. The monoisotopic (exact) mass is 404 g/mol. The van der Waals surface area contributed by atoms with Gasteiger partial charge < -0.3 is 4.74 Å². The minimum atomic E-state index is -0.821. The molecular weight excluding hydrogens is 382 g/mol. The third-order valence-electron chi connectivity index (χ3n) is 4.19. The lowest BCUT2D eigenvalue weighted by molar-refractivity contribution is -0.141. The summed E-state index contributed by atoms with van der Waals surface area (Å²) < 4.78 is 31.1. The number of carbonyl (C=O) groups is 3. The highest BCUT2D eigenvalue weighted by molar-refractivity contribution is 5.98. The Morgan fingerprint density at radius 3 is 2.24 bits per heavy atom. The van der Waals surface area contributed by atoms with Gasteiger partial charge in [-0.2, -0.15) is 0 Å². The molecule has 0 spiro atoms. The molecule has 2 N–H and O–H groups in total. The van der Waals surface area contributed by atoms with Crippen LogP contribution in [0.25, 0.3) is 0 Å². The lowest BCUT2D eigenvalue weighted by atomic mass is 10.0. The van der Waals surface area contributed by atoms with Crippen LogP contribution in [-0.4, -0.2) is 30.9 Å². The second-order valence-electron chi connectivity index (χ2n) is 6.50. The second kappa shape index (κ2) is 10.4. The molecule has 0 saturated carbocycles. The van der Waals surface area contributed by atoms with Crippen LogP contribution in [0.1, 0.15) is 30.5 Å². The lowest BCUT2D eigenvalue weighted by Crippen LogP contribution is -2.46. The zero-order valence-corrected chi connectivity index (χ0v) is 16.1. The fourth-order valence-electron chi connectivity index (χ4n) is 2.77. The third-order valence-corrected chi connectivity index (χ3v) is 4.19. The quantitative estimate of drug-likeness (QED) is 0.661. The van der Waals surface area contributed by atoms with Crippen LogP contribution in [0.4, 0.5) is 8.78 Å². The Bertz CT molecular complexity index is 854. The molecule has 0 radical (unpaired) electrons. The van der Waals surface area contributed by atoms with E-state index < -0.39 is 41.5 Å². The predicted octanol–water partition coefficient (Wildman–Crippen LogP) is 2.43. The number of hydrogen-bond acceptors (Lipinski definition) is 5. The van der Waals surface area contributed by atoms with Gasteiger partial charge in [-0.25, -0.2) is 8.78 Å². The van der Waals surface area contributed by atoms with E-state index in [1.165, 1.54) is 14.0 Å². The maximum Gasteiger partial charge on any atom is 0.307 e. The van der Waals surface area contributed by atoms with E-state index in [2.05, 4.69) is 10.6 Å². The number of nitrogens with one attached hydrogen (secondary N) is 2. The van der Waals surface area contributed by atoms with E-state index in [1.807, 2.05) is 6.07 Å². The van der Waals surface area contributed by atoms with Crippen molar-refractivity contribution in [3.63, 3.8) is 0 Å². The molecule has 8 heteroatoms. The van der Waals surface area contributed by atoms with Gasteiger partial charge in [0.15, 0.2) is 0 Å². The fourth-order valence-corrected chi connectivity index (χ4v) is 2.77. The summed E-state index contributed by atoms with van der Waals surface area (Å²) in [7, 11) is 1.27. The highest BCUT2D eigenvalue weighted by atomic mass is 19.1. The molecular formula is C21H22F2N2O4. The van der Waals surface area contributed by atoms with Gasteiger partial charge in [0.2, 0.25) is 11.8 Å². The van der Waals surface area contributed by atoms with E-state index >= 15 is 0 Å². The molecule has 29 heavy (non-hydrogen) atoms. The van der Waals surface area contributed by atoms with Crippen molar-refractivity contribution < 1.29 is 27.9 Å². The SMILES string of the molecule is COC(=O)CC(N[C@@H](C)C(=O)NC(=O)Cc1cc(F)cc(F)c1)c1ccccc1. The second-order valence-corrected chi connectivity index (χ2v) is 6.50. The molecule has 6 nitrogen and oxygen atoms in total. The molecule has 2 aromatic rings. The number of carbonyl (C=O) groups excluding carboxylic acids is 3. The average Bonchev–Trinajstić information content (AvgIpc) is 2.66. The van der Waals surface area contributed by atoms with Gasteiger partial charge in [0.05, 0.1) is 26.0 Å². The third kappa shape index (κ3) is 7.08. The van der Waals surface area contributed by atoms with E-state index in [0.29, 0.717) is 6.07 Å². The zero-order chi connectivity index (χ0) is 21.4. The summed E-state index contributed by atoms with van der Waals surface area (Å²) in [5, 5.41) is 5.19. The number of halogens is 2. The molecule has 0 bridgehead atoms. The van der Waals surface area contributed by atoms with Crippen molar-refractivity contribution in [1.29, 1.82) is 0 Å². The van der Waals surface area contributed by atoms with Gasteiger partial charge in [0.1, 0.15) is 11.6 Å². The predicted molar refractivity (Wildman–Crippen MR) is 102 cm³/mol. The Hall–Kier alpha value is -3.13. The summed E-state index contributed by atoms with van der Waals surface area (Å²) in [4.78, 5) is 36.1. The molecule has 2 aromatic carbocycles. The van der Waals surface area contributed by atoms with Crippen molar-refractivity contribution in [3.05, 3.63) is 71.3 Å². The lowest BCUT2D eigenvalue weighted by Gasteiger charge is -2.22. The number of benzene rings is 2. The van der Waals surface area contributed by atoms with E-state index in [1.54, 1.807) is 24.3 Å². The first-order chi connectivity index (χ1) is 13.8. The minimum Gasteiger partial charge on any atom is -0.469 e. The van der Waals surface area contributed by atoms with Crippen LogP contribution < -0.4 is 10.6 Å². The molecule has 0 saturated heterocycles. The summed E-state index contributed by atoms with van der Waals surface area (Å²) >= 11 is 0. The molecule has 0 aromatic heterocycles. The van der Waals surface area contributed by atoms with Gasteiger partial charge in [-0.1, -0.05) is 30.3 Å². The van der Waals surface area contributed by atoms with Gasteiger partial charge in [-0.3, -0.25) is 25.0 Å². The van der Waals surface area contributed by atoms with Gasteiger partial charge in [-0.15, -0.1) is 0 Å². The van der Waals surface area contributed by atoms with Crippen LogP contribution in [0.3, 0.4) is 0 Å². The van der Waals surface area contributed by atoms with E-state index in [-0.39, 0.29) is 18.4 Å². The topological polar surface area (TPSA) is 84.5 Å². The molecule has 2 amide bonds. The number of hydrogen-bond donors (Lipinski definition) is 2. The number of methoxy groups -OCH3 is 1. The van der Waals surface area contributed by atoms with Crippen LogP contribution in [0.2, 0.25) is 0 Å². The summed E-state index contributed by atoms with van der Waals surface area (Å²) in [5.74, 6) is -3.39. The van der Waals surface area contributed by atoms with Gasteiger partial charge in [0, 0.05) is 12.1 Å². The van der Waals surface area contributed by atoms with Crippen molar-refractivity contribution in [3.8, 4) is 0 Å². The van der Waals surface area contributed by atoms with Gasteiger partial charge >= 0.3 is 5.97 Å². The maximum atomic E-state index is 13.2. The van der Waals surface area contributed by atoms with E-state index in [4.69, 9.17) is 4.74 Å². The first-order valence-corrected chi connectivity index (χ1v) is 8.95.